The molecule has 3 atom stereocenters. The molecule has 3 heterocycles. The fourth-order valence-corrected chi connectivity index (χ4v) is 5.15. The molecular formula is C26H32N4O7. The third kappa shape index (κ3) is 5.27. The first-order valence-electron chi connectivity index (χ1n) is 12.8. The standard InChI is InChI=1S/C26H32N4O7/c1-3-19(28-13-7-4-8-14-28)22(32)27-16(2)26(36)37-15-29-21(31)12-11-20(25(29)35)30-23(33)17-9-5-6-10-18(17)24(30)34/h5-6,9-10,16,19-20H,3-4,7-8,11-15H2,1-2H3,(H,27,32). The zero-order valence-electron chi connectivity index (χ0n) is 21.1. The SMILES string of the molecule is CCC(C(=O)NC(C)C(=O)OCN1C(=O)CCC(N2C(=O)c3ccccc3C2=O)C1=O)N1CCCCC1. The molecule has 4 rings (SSSR count). The number of esters is 1. The van der Waals surface area contributed by atoms with Gasteiger partial charge in [0.1, 0.15) is 12.1 Å². The number of carbonyl (C=O) groups is 6. The summed E-state index contributed by atoms with van der Waals surface area (Å²) in [7, 11) is 0. The van der Waals surface area contributed by atoms with Gasteiger partial charge in [-0.25, -0.2) is 9.69 Å². The fraction of sp³-hybridized carbons (Fsp3) is 0.538. The van der Waals surface area contributed by atoms with E-state index in [4.69, 9.17) is 4.74 Å². The smallest absolute Gasteiger partial charge is 0.330 e. The molecule has 11 nitrogen and oxygen atoms in total. The van der Waals surface area contributed by atoms with Gasteiger partial charge in [0.25, 0.3) is 17.7 Å². The number of benzene rings is 1. The number of piperidine rings is 2. The maximum Gasteiger partial charge on any atom is 0.330 e. The van der Waals surface area contributed by atoms with E-state index in [-0.39, 0.29) is 35.9 Å². The number of nitrogens with one attached hydrogen (secondary N) is 1. The Bertz CT molecular complexity index is 1080. The molecule has 0 radical (unpaired) electrons. The second-order valence-electron chi connectivity index (χ2n) is 9.58. The Morgan fingerprint density at radius 3 is 2.24 bits per heavy atom. The highest BCUT2D eigenvalue weighted by Gasteiger charge is 2.47. The number of rotatable bonds is 8. The van der Waals surface area contributed by atoms with Crippen LogP contribution < -0.4 is 5.32 Å². The van der Waals surface area contributed by atoms with Crippen molar-refractivity contribution < 1.29 is 33.5 Å². The van der Waals surface area contributed by atoms with Crippen molar-refractivity contribution in [3.05, 3.63) is 35.4 Å². The van der Waals surface area contributed by atoms with Crippen LogP contribution in [0.3, 0.4) is 0 Å². The molecule has 0 aliphatic carbocycles. The van der Waals surface area contributed by atoms with Crippen molar-refractivity contribution in [3.8, 4) is 0 Å². The highest BCUT2D eigenvalue weighted by molar-refractivity contribution is 6.23. The van der Waals surface area contributed by atoms with E-state index < -0.39 is 48.4 Å². The number of likely N-dealkylation sites (tertiary alicyclic amines) is 2. The zero-order valence-corrected chi connectivity index (χ0v) is 21.1. The number of hydrogen-bond donors (Lipinski definition) is 1. The van der Waals surface area contributed by atoms with Crippen molar-refractivity contribution in [2.75, 3.05) is 19.8 Å². The van der Waals surface area contributed by atoms with Crippen molar-refractivity contribution in [3.63, 3.8) is 0 Å². The van der Waals surface area contributed by atoms with Crippen LogP contribution in [-0.4, -0.2) is 88.2 Å². The highest BCUT2D eigenvalue weighted by atomic mass is 16.5. The molecule has 2 fully saturated rings. The Hall–Kier alpha value is -3.60. The van der Waals surface area contributed by atoms with Gasteiger partial charge in [0, 0.05) is 6.42 Å². The fourth-order valence-electron chi connectivity index (χ4n) is 5.15. The Kier molecular flexibility index (Phi) is 8.01. The van der Waals surface area contributed by atoms with Gasteiger partial charge in [-0.1, -0.05) is 25.5 Å². The Morgan fingerprint density at radius 2 is 1.65 bits per heavy atom. The first kappa shape index (κ1) is 26.5. The lowest BCUT2D eigenvalue weighted by atomic mass is 10.0. The van der Waals surface area contributed by atoms with Gasteiger partial charge in [-0.3, -0.25) is 33.8 Å². The van der Waals surface area contributed by atoms with E-state index in [0.29, 0.717) is 6.42 Å². The molecule has 0 saturated carbocycles. The normalized spacial score (nSPS) is 22.1. The van der Waals surface area contributed by atoms with Crippen LogP contribution in [0.25, 0.3) is 0 Å². The van der Waals surface area contributed by atoms with Crippen LogP contribution in [0.1, 0.15) is 73.1 Å². The molecule has 0 aromatic heterocycles. The summed E-state index contributed by atoms with van der Waals surface area (Å²) >= 11 is 0. The van der Waals surface area contributed by atoms with Gasteiger partial charge < -0.3 is 10.1 Å². The number of hydrogen-bond acceptors (Lipinski definition) is 8. The molecule has 1 N–H and O–H groups in total. The Balaban J connectivity index is 1.35. The van der Waals surface area contributed by atoms with Gasteiger partial charge in [-0.2, -0.15) is 0 Å². The molecule has 3 aliphatic heterocycles. The Labute approximate surface area is 215 Å². The third-order valence-electron chi connectivity index (χ3n) is 7.19. The minimum absolute atomic E-state index is 0.00501. The van der Waals surface area contributed by atoms with E-state index in [1.165, 1.54) is 19.1 Å². The number of amides is 5. The summed E-state index contributed by atoms with van der Waals surface area (Å²) in [5, 5.41) is 2.67. The second-order valence-corrected chi connectivity index (χ2v) is 9.58. The minimum atomic E-state index is -1.17. The molecule has 1 aromatic carbocycles. The molecule has 198 valence electrons. The van der Waals surface area contributed by atoms with Crippen LogP contribution in [0, 0.1) is 0 Å². The van der Waals surface area contributed by atoms with Gasteiger partial charge in [0.15, 0.2) is 6.73 Å². The van der Waals surface area contributed by atoms with E-state index in [1.54, 1.807) is 12.1 Å². The number of fused-ring (bicyclic) bond motifs is 1. The summed E-state index contributed by atoms with van der Waals surface area (Å²) in [6.07, 6.45) is 3.70. The molecule has 3 unspecified atom stereocenters. The summed E-state index contributed by atoms with van der Waals surface area (Å²) in [4.78, 5) is 80.3. The second kappa shape index (κ2) is 11.2. The van der Waals surface area contributed by atoms with Crippen molar-refractivity contribution >= 4 is 35.5 Å². The molecule has 37 heavy (non-hydrogen) atoms. The van der Waals surface area contributed by atoms with Crippen molar-refractivity contribution in [2.45, 2.75) is 70.5 Å². The van der Waals surface area contributed by atoms with E-state index in [2.05, 4.69) is 10.2 Å². The highest BCUT2D eigenvalue weighted by Crippen LogP contribution is 2.29. The average molecular weight is 513 g/mol. The van der Waals surface area contributed by atoms with Crippen LogP contribution >= 0.6 is 0 Å². The van der Waals surface area contributed by atoms with Crippen LogP contribution in [0.2, 0.25) is 0 Å². The predicted molar refractivity (Wildman–Crippen MR) is 130 cm³/mol. The van der Waals surface area contributed by atoms with Crippen LogP contribution in [-0.2, 0) is 23.9 Å². The van der Waals surface area contributed by atoms with Gasteiger partial charge in [-0.15, -0.1) is 0 Å². The average Bonchev–Trinajstić information content (AvgIpc) is 3.15. The summed E-state index contributed by atoms with van der Waals surface area (Å²) in [5.41, 5.74) is 0.407. The van der Waals surface area contributed by atoms with Crippen LogP contribution in [0.5, 0.6) is 0 Å². The maximum atomic E-state index is 13.1. The Morgan fingerprint density at radius 1 is 1.03 bits per heavy atom. The number of nitrogens with zero attached hydrogens (tertiary/aromatic N) is 3. The van der Waals surface area contributed by atoms with Crippen molar-refractivity contribution in [1.29, 1.82) is 0 Å². The molecule has 1 aromatic rings. The first-order valence-corrected chi connectivity index (χ1v) is 12.8. The largest absolute Gasteiger partial charge is 0.442 e. The molecule has 2 saturated heterocycles. The molecule has 11 heteroatoms. The lowest BCUT2D eigenvalue weighted by molar-refractivity contribution is -0.165. The van der Waals surface area contributed by atoms with Gasteiger partial charge in [0.05, 0.1) is 17.2 Å². The zero-order chi connectivity index (χ0) is 26.7. The lowest BCUT2D eigenvalue weighted by Gasteiger charge is -2.34. The quantitative estimate of drug-likeness (QED) is 0.404. The molecule has 0 spiro atoms. The van der Waals surface area contributed by atoms with E-state index in [1.807, 2.05) is 6.92 Å². The van der Waals surface area contributed by atoms with Crippen LogP contribution in [0.4, 0.5) is 0 Å². The van der Waals surface area contributed by atoms with Gasteiger partial charge in [-0.05, 0) is 57.8 Å². The number of imide groups is 2. The molecule has 5 amide bonds. The number of carbonyl (C=O) groups excluding carboxylic acids is 6. The maximum absolute atomic E-state index is 13.1. The summed E-state index contributed by atoms with van der Waals surface area (Å²) < 4.78 is 5.20. The molecular weight excluding hydrogens is 480 g/mol. The van der Waals surface area contributed by atoms with E-state index >= 15 is 0 Å². The minimum Gasteiger partial charge on any atom is -0.442 e. The van der Waals surface area contributed by atoms with Crippen LogP contribution in [0.15, 0.2) is 24.3 Å². The van der Waals surface area contributed by atoms with Gasteiger partial charge >= 0.3 is 5.97 Å². The summed E-state index contributed by atoms with van der Waals surface area (Å²) in [5.74, 6) is -3.62. The van der Waals surface area contributed by atoms with Crippen molar-refractivity contribution in [1.82, 2.24) is 20.0 Å². The van der Waals surface area contributed by atoms with E-state index in [9.17, 15) is 28.8 Å². The first-order chi connectivity index (χ1) is 17.7. The predicted octanol–water partition coefficient (Wildman–Crippen LogP) is 1.07. The molecule has 3 aliphatic rings. The monoisotopic (exact) mass is 512 g/mol. The van der Waals surface area contributed by atoms with Gasteiger partial charge in [0.2, 0.25) is 11.8 Å². The molecule has 0 bridgehead atoms. The third-order valence-corrected chi connectivity index (χ3v) is 7.19. The summed E-state index contributed by atoms with van der Waals surface area (Å²) in [6.45, 7) is 4.39. The lowest BCUT2D eigenvalue weighted by Crippen LogP contribution is -2.57. The van der Waals surface area contributed by atoms with E-state index in [0.717, 1.165) is 42.2 Å². The number of ether oxygens (including phenoxy) is 1. The topological polar surface area (TPSA) is 133 Å². The van der Waals surface area contributed by atoms with Crippen molar-refractivity contribution in [2.24, 2.45) is 0 Å². The summed E-state index contributed by atoms with van der Waals surface area (Å²) in [6, 6.07) is 3.77.